The molecule has 2 aromatic heterocycles. The molecule has 0 unspecified atom stereocenters. The predicted molar refractivity (Wildman–Crippen MR) is 111 cm³/mol. The summed E-state index contributed by atoms with van der Waals surface area (Å²) in [5, 5.41) is 11.5. The van der Waals surface area contributed by atoms with E-state index in [0.717, 1.165) is 16.7 Å². The average Bonchev–Trinajstić information content (AvgIpc) is 3.27. The van der Waals surface area contributed by atoms with Crippen molar-refractivity contribution in [2.75, 3.05) is 5.75 Å². The second kappa shape index (κ2) is 9.16. The van der Waals surface area contributed by atoms with Gasteiger partial charge in [0.25, 0.3) is 5.22 Å². The number of amides is 1. The van der Waals surface area contributed by atoms with E-state index in [0.29, 0.717) is 11.1 Å². The molecule has 0 spiro atoms. The maximum atomic E-state index is 12.6. The zero-order valence-corrected chi connectivity index (χ0v) is 16.3. The summed E-state index contributed by atoms with van der Waals surface area (Å²) in [5.74, 6) is 0.437. The molecule has 144 valence electrons. The van der Waals surface area contributed by atoms with E-state index in [1.165, 1.54) is 11.8 Å². The molecule has 2 aromatic carbocycles. The number of carbonyl (C=O) groups excluding carboxylic acids is 1. The van der Waals surface area contributed by atoms with Gasteiger partial charge in [0.15, 0.2) is 0 Å². The van der Waals surface area contributed by atoms with E-state index in [9.17, 15) is 4.79 Å². The lowest BCUT2D eigenvalue weighted by Gasteiger charge is -2.19. The van der Waals surface area contributed by atoms with Crippen LogP contribution in [-0.2, 0) is 4.79 Å². The van der Waals surface area contributed by atoms with Crippen molar-refractivity contribution in [3.8, 4) is 11.5 Å². The Kier molecular flexibility index (Phi) is 5.97. The second-order valence-electron chi connectivity index (χ2n) is 6.23. The van der Waals surface area contributed by atoms with Gasteiger partial charge in [-0.3, -0.25) is 9.78 Å². The molecule has 0 bridgehead atoms. The maximum absolute atomic E-state index is 12.6. The molecule has 1 amide bonds. The van der Waals surface area contributed by atoms with Crippen molar-refractivity contribution < 1.29 is 9.21 Å². The lowest BCUT2D eigenvalue weighted by atomic mass is 9.99. The molecule has 0 saturated heterocycles. The SMILES string of the molecule is O=C(CSc1nnc(-c2cccnc2)o1)NC(c1ccccc1)c1ccccc1. The number of carbonyl (C=O) groups is 1. The van der Waals surface area contributed by atoms with Crippen LogP contribution in [0.25, 0.3) is 11.5 Å². The molecule has 7 heteroatoms. The lowest BCUT2D eigenvalue weighted by Crippen LogP contribution is -2.30. The minimum absolute atomic E-state index is 0.117. The Morgan fingerprint density at radius 3 is 2.24 bits per heavy atom. The molecule has 29 heavy (non-hydrogen) atoms. The van der Waals surface area contributed by atoms with Gasteiger partial charge >= 0.3 is 0 Å². The number of nitrogens with zero attached hydrogens (tertiary/aromatic N) is 3. The van der Waals surface area contributed by atoms with E-state index < -0.39 is 0 Å². The highest BCUT2D eigenvalue weighted by Gasteiger charge is 2.18. The first-order valence-corrected chi connectivity index (χ1v) is 10.0. The van der Waals surface area contributed by atoms with Gasteiger partial charge in [-0.2, -0.15) is 0 Å². The highest BCUT2D eigenvalue weighted by Crippen LogP contribution is 2.24. The van der Waals surface area contributed by atoms with Crippen molar-refractivity contribution in [1.82, 2.24) is 20.5 Å². The first-order valence-electron chi connectivity index (χ1n) is 9.05. The van der Waals surface area contributed by atoms with Gasteiger partial charge in [0, 0.05) is 12.4 Å². The Hall–Kier alpha value is -3.45. The Morgan fingerprint density at radius 1 is 0.931 bits per heavy atom. The van der Waals surface area contributed by atoms with Crippen LogP contribution in [0.3, 0.4) is 0 Å². The number of thioether (sulfide) groups is 1. The van der Waals surface area contributed by atoms with Crippen LogP contribution >= 0.6 is 11.8 Å². The van der Waals surface area contributed by atoms with Gasteiger partial charge < -0.3 is 9.73 Å². The maximum Gasteiger partial charge on any atom is 0.277 e. The Morgan fingerprint density at radius 2 is 1.62 bits per heavy atom. The normalized spacial score (nSPS) is 10.8. The molecule has 0 radical (unpaired) electrons. The summed E-state index contributed by atoms with van der Waals surface area (Å²) in [4.78, 5) is 16.7. The van der Waals surface area contributed by atoms with Crippen LogP contribution in [0.5, 0.6) is 0 Å². The second-order valence-corrected chi connectivity index (χ2v) is 7.15. The van der Waals surface area contributed by atoms with Crippen molar-refractivity contribution >= 4 is 17.7 Å². The van der Waals surface area contributed by atoms with Gasteiger partial charge in [-0.05, 0) is 23.3 Å². The van der Waals surface area contributed by atoms with Crippen molar-refractivity contribution in [2.24, 2.45) is 0 Å². The Labute approximate surface area is 172 Å². The summed E-state index contributed by atoms with van der Waals surface area (Å²) in [6.45, 7) is 0. The summed E-state index contributed by atoms with van der Waals surface area (Å²) >= 11 is 1.20. The molecule has 6 nitrogen and oxygen atoms in total. The van der Waals surface area contributed by atoms with Crippen LogP contribution in [0.2, 0.25) is 0 Å². The first-order chi connectivity index (χ1) is 14.3. The standard InChI is InChI=1S/C22H18N4O2S/c27-19(15-29-22-26-25-21(28-22)18-12-7-13-23-14-18)24-20(16-8-3-1-4-9-16)17-10-5-2-6-11-17/h1-14,20H,15H2,(H,24,27). The first kappa shape index (κ1) is 18.9. The molecule has 0 atom stereocenters. The average molecular weight is 402 g/mol. The number of nitrogens with one attached hydrogen (secondary N) is 1. The largest absolute Gasteiger partial charge is 0.411 e. The van der Waals surface area contributed by atoms with Gasteiger partial charge in [-0.1, -0.05) is 72.4 Å². The van der Waals surface area contributed by atoms with Crippen LogP contribution in [0, 0.1) is 0 Å². The van der Waals surface area contributed by atoms with Gasteiger partial charge in [0.1, 0.15) is 0 Å². The van der Waals surface area contributed by atoms with Gasteiger partial charge in [-0.25, -0.2) is 0 Å². The Bertz CT molecular complexity index is 1020. The zero-order chi connectivity index (χ0) is 19.9. The van der Waals surface area contributed by atoms with Crippen LogP contribution in [0.4, 0.5) is 0 Å². The summed E-state index contributed by atoms with van der Waals surface area (Å²) in [6, 6.07) is 23.2. The van der Waals surface area contributed by atoms with Crippen LogP contribution < -0.4 is 5.32 Å². The fraction of sp³-hybridized carbons (Fsp3) is 0.0909. The fourth-order valence-corrected chi connectivity index (χ4v) is 3.43. The van der Waals surface area contributed by atoms with Crippen LogP contribution in [0.15, 0.2) is 94.8 Å². The molecular formula is C22H18N4O2S. The number of hydrogen-bond donors (Lipinski definition) is 1. The van der Waals surface area contributed by atoms with Crippen molar-refractivity contribution in [3.63, 3.8) is 0 Å². The molecule has 0 aliphatic rings. The van der Waals surface area contributed by atoms with E-state index in [-0.39, 0.29) is 17.7 Å². The minimum atomic E-state index is -0.223. The van der Waals surface area contributed by atoms with Gasteiger partial charge in [-0.15, -0.1) is 10.2 Å². The number of hydrogen-bond acceptors (Lipinski definition) is 6. The predicted octanol–water partition coefficient (Wildman–Crippen LogP) is 4.13. The van der Waals surface area contributed by atoms with Crippen molar-refractivity contribution in [1.29, 1.82) is 0 Å². The summed E-state index contributed by atoms with van der Waals surface area (Å²) in [6.07, 6.45) is 3.33. The molecule has 0 aliphatic heterocycles. The third kappa shape index (κ3) is 4.89. The molecule has 1 N–H and O–H groups in total. The number of rotatable bonds is 7. The molecule has 4 rings (SSSR count). The molecular weight excluding hydrogens is 384 g/mol. The third-order valence-electron chi connectivity index (χ3n) is 4.21. The summed E-state index contributed by atoms with van der Waals surface area (Å²) in [7, 11) is 0. The lowest BCUT2D eigenvalue weighted by molar-refractivity contribution is -0.119. The van der Waals surface area contributed by atoms with E-state index in [1.54, 1.807) is 18.5 Å². The highest BCUT2D eigenvalue weighted by atomic mass is 32.2. The van der Waals surface area contributed by atoms with Crippen LogP contribution in [-0.4, -0.2) is 26.8 Å². The molecule has 0 saturated carbocycles. The molecule has 0 fully saturated rings. The van der Waals surface area contributed by atoms with Gasteiger partial charge in [0.05, 0.1) is 17.4 Å². The zero-order valence-electron chi connectivity index (χ0n) is 15.4. The Balaban J connectivity index is 1.42. The minimum Gasteiger partial charge on any atom is -0.411 e. The van der Waals surface area contributed by atoms with Crippen molar-refractivity contribution in [2.45, 2.75) is 11.3 Å². The van der Waals surface area contributed by atoms with E-state index in [4.69, 9.17) is 4.42 Å². The topological polar surface area (TPSA) is 80.9 Å². The quantitative estimate of drug-likeness (QED) is 0.468. The smallest absolute Gasteiger partial charge is 0.277 e. The number of aromatic nitrogens is 3. The number of pyridine rings is 1. The van der Waals surface area contributed by atoms with Gasteiger partial charge in [0.2, 0.25) is 11.8 Å². The summed E-state index contributed by atoms with van der Waals surface area (Å²) in [5.41, 5.74) is 2.78. The fourth-order valence-electron chi connectivity index (χ4n) is 2.85. The highest BCUT2D eigenvalue weighted by molar-refractivity contribution is 7.99. The van der Waals surface area contributed by atoms with E-state index >= 15 is 0 Å². The van der Waals surface area contributed by atoms with E-state index in [1.807, 2.05) is 66.7 Å². The van der Waals surface area contributed by atoms with E-state index in [2.05, 4.69) is 20.5 Å². The van der Waals surface area contributed by atoms with Crippen molar-refractivity contribution in [3.05, 3.63) is 96.3 Å². The number of benzene rings is 2. The summed E-state index contributed by atoms with van der Waals surface area (Å²) < 4.78 is 5.62. The molecule has 2 heterocycles. The third-order valence-corrected chi connectivity index (χ3v) is 5.03. The monoisotopic (exact) mass is 402 g/mol. The van der Waals surface area contributed by atoms with Crippen LogP contribution in [0.1, 0.15) is 17.2 Å². The molecule has 4 aromatic rings. The molecule has 0 aliphatic carbocycles.